The zero-order valence-corrected chi connectivity index (χ0v) is 30.4. The first-order valence-corrected chi connectivity index (χ1v) is 17.4. The second-order valence-electron chi connectivity index (χ2n) is 12.2. The molecule has 292 valence electrons. The van der Waals surface area contributed by atoms with Gasteiger partial charge in [0.15, 0.2) is 0 Å². The van der Waals surface area contributed by atoms with Crippen molar-refractivity contribution in [3.05, 3.63) is 42.0 Å². The summed E-state index contributed by atoms with van der Waals surface area (Å²) in [6, 6.07) is 3.97. The molecule has 0 saturated heterocycles. The van der Waals surface area contributed by atoms with Crippen molar-refractivity contribution in [1.82, 2.24) is 26.2 Å². The fourth-order valence-corrected chi connectivity index (χ4v) is 4.71. The van der Waals surface area contributed by atoms with E-state index in [4.69, 9.17) is 19.9 Å². The Hall–Kier alpha value is -5.36. The van der Waals surface area contributed by atoms with Gasteiger partial charge in [0.1, 0.15) is 18.7 Å². The van der Waals surface area contributed by atoms with Crippen LogP contribution >= 0.6 is 0 Å². The van der Waals surface area contributed by atoms with E-state index in [2.05, 4.69) is 26.6 Å². The maximum atomic E-state index is 13.3. The van der Waals surface area contributed by atoms with E-state index < -0.39 is 47.7 Å². The maximum Gasteiger partial charge on any atom is 0.312 e. The molecule has 1 aliphatic rings. The molecule has 1 aromatic rings. The third-order valence-electron chi connectivity index (χ3n) is 7.65. The van der Waals surface area contributed by atoms with Crippen LogP contribution in [0.1, 0.15) is 58.4 Å². The van der Waals surface area contributed by atoms with Crippen LogP contribution in [0.4, 0.5) is 10.5 Å². The number of carbonyl (C=O) groups excluding carboxylic acids is 8. The van der Waals surface area contributed by atoms with Crippen molar-refractivity contribution in [2.24, 2.45) is 11.7 Å². The Morgan fingerprint density at radius 2 is 1.45 bits per heavy atom. The lowest BCUT2D eigenvalue weighted by atomic mass is 10.0. The number of nitrogens with one attached hydrogen (secondary N) is 5. The zero-order chi connectivity index (χ0) is 39.2. The molecule has 1 heterocycles. The Kier molecular flexibility index (Phi) is 19.8. The molecule has 0 fully saturated rings. The predicted octanol–water partition coefficient (Wildman–Crippen LogP) is 0.00700. The smallest absolute Gasteiger partial charge is 0.312 e. The Bertz CT molecular complexity index is 1430. The monoisotopic (exact) mass is 745 g/mol. The second kappa shape index (κ2) is 24.0. The van der Waals surface area contributed by atoms with Crippen molar-refractivity contribution >= 4 is 53.1 Å². The van der Waals surface area contributed by atoms with E-state index in [0.29, 0.717) is 12.1 Å². The quantitative estimate of drug-likeness (QED) is 0.0442. The van der Waals surface area contributed by atoms with Gasteiger partial charge >= 0.3 is 12.0 Å². The zero-order valence-electron chi connectivity index (χ0n) is 30.4. The van der Waals surface area contributed by atoms with Crippen LogP contribution in [0.2, 0.25) is 0 Å². The van der Waals surface area contributed by atoms with Crippen molar-refractivity contribution < 1.29 is 52.6 Å². The topological polar surface area (TPSA) is 254 Å². The van der Waals surface area contributed by atoms with Crippen LogP contribution in [0, 0.1) is 5.92 Å². The number of hydrogen-bond acceptors (Lipinski definition) is 11. The van der Waals surface area contributed by atoms with Crippen LogP contribution in [0.3, 0.4) is 0 Å². The molecule has 0 aromatic heterocycles. The van der Waals surface area contributed by atoms with Gasteiger partial charge in [-0.15, -0.1) is 0 Å². The molecule has 0 radical (unpaired) electrons. The number of ether oxygens (including phenoxy) is 3. The van der Waals surface area contributed by atoms with Gasteiger partial charge in [0, 0.05) is 56.7 Å². The number of rotatable bonds is 25. The Labute approximate surface area is 308 Å². The third-order valence-corrected chi connectivity index (χ3v) is 7.65. The van der Waals surface area contributed by atoms with E-state index in [9.17, 15) is 38.4 Å². The number of carbonyl (C=O) groups is 8. The highest BCUT2D eigenvalue weighted by Crippen LogP contribution is 2.13. The lowest BCUT2D eigenvalue weighted by Gasteiger charge is -2.25. The van der Waals surface area contributed by atoms with Gasteiger partial charge in [-0.2, -0.15) is 0 Å². The van der Waals surface area contributed by atoms with Crippen molar-refractivity contribution in [2.75, 3.05) is 51.4 Å². The summed E-state index contributed by atoms with van der Waals surface area (Å²) in [5, 5.41) is 13.3. The van der Waals surface area contributed by atoms with E-state index in [1.165, 1.54) is 0 Å². The number of imide groups is 1. The summed E-state index contributed by atoms with van der Waals surface area (Å²) in [7, 11) is 0. The molecule has 0 saturated carbocycles. The molecule has 18 nitrogen and oxygen atoms in total. The van der Waals surface area contributed by atoms with Gasteiger partial charge in [-0.1, -0.05) is 32.9 Å². The van der Waals surface area contributed by atoms with Gasteiger partial charge in [0.2, 0.25) is 23.6 Å². The number of benzene rings is 1. The van der Waals surface area contributed by atoms with Gasteiger partial charge in [0.05, 0.1) is 26.4 Å². The van der Waals surface area contributed by atoms with E-state index in [1.807, 2.05) is 0 Å². The molecule has 0 spiro atoms. The number of nitrogens with two attached hydrogens (primary N) is 1. The van der Waals surface area contributed by atoms with Crippen LogP contribution in [0.25, 0.3) is 0 Å². The predicted molar refractivity (Wildman–Crippen MR) is 190 cm³/mol. The molecule has 2 rings (SSSR count). The van der Waals surface area contributed by atoms with Gasteiger partial charge < -0.3 is 46.5 Å². The number of primary amides is 1. The molecule has 53 heavy (non-hydrogen) atoms. The Balaban J connectivity index is 1.75. The van der Waals surface area contributed by atoms with Crippen LogP contribution in [-0.4, -0.2) is 110 Å². The molecule has 2 atom stereocenters. The summed E-state index contributed by atoms with van der Waals surface area (Å²) in [4.78, 5) is 97.8. The molecule has 1 aromatic carbocycles. The molecule has 1 aliphatic heterocycles. The lowest BCUT2D eigenvalue weighted by molar-refractivity contribution is -0.144. The SMILES string of the molecule is CCC(=O)OCc1ccc(NC(=O)[C@H](CCCNC(N)=O)NC(=O)[C@@H](NC(=O)CCOCCOCCNC(=O)CCN2C(=O)C=CC2=O)C(C)C)cc1. The molecule has 0 aliphatic carbocycles. The molecule has 0 bridgehead atoms. The normalized spacial score (nSPS) is 13.3. The van der Waals surface area contributed by atoms with E-state index in [1.54, 1.807) is 45.0 Å². The minimum absolute atomic E-state index is 0.00487. The van der Waals surface area contributed by atoms with Gasteiger partial charge in [-0.05, 0) is 36.5 Å². The van der Waals surface area contributed by atoms with Crippen LogP contribution < -0.4 is 32.3 Å². The van der Waals surface area contributed by atoms with Crippen LogP contribution in [-0.2, 0) is 54.4 Å². The fourth-order valence-electron chi connectivity index (χ4n) is 4.71. The minimum Gasteiger partial charge on any atom is -0.461 e. The molecular weight excluding hydrogens is 694 g/mol. The second-order valence-corrected chi connectivity index (χ2v) is 12.2. The average molecular weight is 746 g/mol. The first kappa shape index (κ1) is 43.8. The molecule has 18 heteroatoms. The number of anilines is 1. The standard InChI is InChI=1S/C35H51N7O11/c1-4-31(47)53-22-24-7-9-25(10-8-24)39-33(48)26(6-5-15-38-35(36)50)40-34(49)32(23(2)3)41-28(44)14-18-51-20-21-52-19-16-37-27(43)13-17-42-29(45)11-12-30(42)46/h7-12,23,26,32H,4-6,13-22H2,1-3H3,(H,37,43)(H,39,48)(H,40,49)(H,41,44)(H3,36,38,50)/t26-,32-/m0/s1. The van der Waals surface area contributed by atoms with E-state index in [0.717, 1.165) is 22.6 Å². The highest BCUT2D eigenvalue weighted by Gasteiger charge is 2.29. The Morgan fingerprint density at radius 1 is 0.792 bits per heavy atom. The Morgan fingerprint density at radius 3 is 2.08 bits per heavy atom. The van der Waals surface area contributed by atoms with E-state index in [-0.39, 0.29) is 96.1 Å². The molecule has 8 amide bonds. The highest BCUT2D eigenvalue weighted by molar-refractivity contribution is 6.13. The number of urea groups is 1. The van der Waals surface area contributed by atoms with Gasteiger partial charge in [-0.3, -0.25) is 38.5 Å². The lowest BCUT2D eigenvalue weighted by Crippen LogP contribution is -2.54. The minimum atomic E-state index is -1.01. The first-order chi connectivity index (χ1) is 25.3. The molecular formula is C35H51N7O11. The number of nitrogens with zero attached hydrogens (tertiary/aromatic N) is 1. The highest BCUT2D eigenvalue weighted by atomic mass is 16.5. The molecule has 0 unspecified atom stereocenters. The fraction of sp³-hybridized carbons (Fsp3) is 0.543. The summed E-state index contributed by atoms with van der Waals surface area (Å²) in [6.07, 6.45) is 2.99. The average Bonchev–Trinajstić information content (AvgIpc) is 3.44. The number of hydrogen-bond donors (Lipinski definition) is 6. The summed E-state index contributed by atoms with van der Waals surface area (Å²) in [5.41, 5.74) is 6.30. The largest absolute Gasteiger partial charge is 0.461 e. The van der Waals surface area contributed by atoms with E-state index >= 15 is 0 Å². The van der Waals surface area contributed by atoms with Crippen molar-refractivity contribution in [3.63, 3.8) is 0 Å². The molecule has 7 N–H and O–H groups in total. The van der Waals surface area contributed by atoms with Gasteiger partial charge in [0.25, 0.3) is 11.8 Å². The summed E-state index contributed by atoms with van der Waals surface area (Å²) >= 11 is 0. The number of amides is 8. The maximum absolute atomic E-state index is 13.3. The van der Waals surface area contributed by atoms with Crippen molar-refractivity contribution in [2.45, 2.75) is 71.6 Å². The summed E-state index contributed by atoms with van der Waals surface area (Å²) < 4.78 is 16.0. The van der Waals surface area contributed by atoms with Crippen LogP contribution in [0.5, 0.6) is 0 Å². The summed E-state index contributed by atoms with van der Waals surface area (Å²) in [5.74, 6) is -3.40. The number of esters is 1. The first-order valence-electron chi connectivity index (χ1n) is 17.4. The van der Waals surface area contributed by atoms with Crippen molar-refractivity contribution in [3.8, 4) is 0 Å². The third kappa shape index (κ3) is 17.6. The van der Waals surface area contributed by atoms with Crippen LogP contribution in [0.15, 0.2) is 36.4 Å². The van der Waals surface area contributed by atoms with Gasteiger partial charge in [-0.25, -0.2) is 4.79 Å². The summed E-state index contributed by atoms with van der Waals surface area (Å²) in [6.45, 7) is 6.32. The van der Waals surface area contributed by atoms with Crippen molar-refractivity contribution in [1.29, 1.82) is 0 Å².